The molecule has 3 aliphatic rings. The van der Waals surface area contributed by atoms with E-state index in [9.17, 15) is 5.11 Å². The van der Waals surface area contributed by atoms with Gasteiger partial charge < -0.3 is 43.7 Å². The molecular formula is C33H48N2O7. The maximum atomic E-state index is 10.3. The molecule has 232 valence electrons. The summed E-state index contributed by atoms with van der Waals surface area (Å²) in [5.41, 5.74) is 4.61. The van der Waals surface area contributed by atoms with E-state index in [0.29, 0.717) is 32.2 Å². The van der Waals surface area contributed by atoms with Crippen LogP contribution in [0.4, 0.5) is 5.69 Å². The van der Waals surface area contributed by atoms with Crippen molar-refractivity contribution < 1.29 is 33.5 Å². The standard InChI is InChI=1S/C33H48N2O7/c1-37-15-4-13-35-14-16-40-29-12-5-23(17-28(29)35)20-41-30-18-34-19-31(42-22-27(36)21-38-2)32(30)24-6-8-25(9-7-24)33(39-3)26-10-11-26/h5-9,12,17,26-27,30-34,36H,4,10-11,13-16,18-22H2,1-3H3/t27?,30-,31+,32+,33+/m0/s1. The maximum Gasteiger partial charge on any atom is 0.142 e. The molecule has 0 radical (unpaired) electrons. The van der Waals surface area contributed by atoms with Crippen LogP contribution in [-0.4, -0.2) is 97.4 Å². The van der Waals surface area contributed by atoms with E-state index in [-0.39, 0.29) is 37.4 Å². The number of aliphatic hydroxyl groups excluding tert-OH is 1. The number of nitrogens with one attached hydrogen (secondary N) is 1. The van der Waals surface area contributed by atoms with E-state index in [1.165, 1.54) is 24.0 Å². The smallest absolute Gasteiger partial charge is 0.142 e. The lowest BCUT2D eigenvalue weighted by molar-refractivity contribution is -0.0856. The van der Waals surface area contributed by atoms with E-state index in [1.807, 2.05) is 0 Å². The van der Waals surface area contributed by atoms with Crippen LogP contribution in [0.5, 0.6) is 5.75 Å². The summed E-state index contributed by atoms with van der Waals surface area (Å²) in [5.74, 6) is 1.54. The first-order valence-electron chi connectivity index (χ1n) is 15.3. The van der Waals surface area contributed by atoms with E-state index < -0.39 is 6.10 Å². The number of piperidine rings is 1. The highest BCUT2D eigenvalue weighted by molar-refractivity contribution is 5.61. The molecule has 2 heterocycles. The summed E-state index contributed by atoms with van der Waals surface area (Å²) >= 11 is 0. The Bertz CT molecular complexity index is 1100. The van der Waals surface area contributed by atoms with Crippen LogP contribution in [0, 0.1) is 5.92 Å². The fourth-order valence-corrected chi connectivity index (χ4v) is 6.24. The lowest BCUT2D eigenvalue weighted by atomic mass is 9.84. The summed E-state index contributed by atoms with van der Waals surface area (Å²) in [6.07, 6.45) is 2.63. The van der Waals surface area contributed by atoms with Crippen LogP contribution in [0.3, 0.4) is 0 Å². The Balaban J connectivity index is 1.31. The van der Waals surface area contributed by atoms with Crippen molar-refractivity contribution in [3.8, 4) is 5.75 Å². The largest absolute Gasteiger partial charge is 0.490 e. The molecule has 0 spiro atoms. The molecular weight excluding hydrogens is 536 g/mol. The molecule has 0 bridgehead atoms. The average molecular weight is 585 g/mol. The third kappa shape index (κ3) is 8.02. The van der Waals surface area contributed by atoms with Crippen molar-refractivity contribution in [2.45, 2.75) is 56.2 Å². The van der Waals surface area contributed by atoms with Crippen LogP contribution in [0.15, 0.2) is 42.5 Å². The lowest BCUT2D eigenvalue weighted by Gasteiger charge is -2.39. The Labute approximate surface area is 250 Å². The van der Waals surface area contributed by atoms with Gasteiger partial charge in [0.25, 0.3) is 0 Å². The topological polar surface area (TPSA) is 90.9 Å². The van der Waals surface area contributed by atoms with E-state index in [0.717, 1.165) is 43.1 Å². The van der Waals surface area contributed by atoms with Crippen molar-refractivity contribution in [1.29, 1.82) is 0 Å². The van der Waals surface area contributed by atoms with Crippen molar-refractivity contribution in [1.82, 2.24) is 5.32 Å². The molecule has 42 heavy (non-hydrogen) atoms. The Morgan fingerprint density at radius 1 is 0.976 bits per heavy atom. The fraction of sp³-hybridized carbons (Fsp3) is 0.636. The maximum absolute atomic E-state index is 10.3. The molecule has 0 aromatic heterocycles. The van der Waals surface area contributed by atoms with Gasteiger partial charge in [-0.15, -0.1) is 0 Å². The number of benzene rings is 2. The first kappa shape index (κ1) is 31.2. The fourth-order valence-electron chi connectivity index (χ4n) is 6.24. The Morgan fingerprint density at radius 3 is 2.48 bits per heavy atom. The van der Waals surface area contributed by atoms with Gasteiger partial charge in [-0.25, -0.2) is 0 Å². The SMILES string of the molecule is COCCCN1CCOc2ccc(CO[C@H]3CNC[C@@H](OCC(O)COC)[C@@H]3c3ccc([C@@H](OC)C4CC4)cc3)cc21. The van der Waals surface area contributed by atoms with Crippen LogP contribution < -0.4 is 15.0 Å². The van der Waals surface area contributed by atoms with Gasteiger partial charge in [-0.3, -0.25) is 0 Å². The number of hydrogen-bond donors (Lipinski definition) is 2. The summed E-state index contributed by atoms with van der Waals surface area (Å²) in [6, 6.07) is 15.1. The Morgan fingerprint density at radius 2 is 1.76 bits per heavy atom. The molecule has 5 atom stereocenters. The van der Waals surface area contributed by atoms with E-state index >= 15 is 0 Å². The van der Waals surface area contributed by atoms with Gasteiger partial charge >= 0.3 is 0 Å². The normalized spacial score (nSPS) is 23.7. The number of methoxy groups -OCH3 is 3. The third-order valence-electron chi connectivity index (χ3n) is 8.53. The van der Waals surface area contributed by atoms with Gasteiger partial charge in [-0.1, -0.05) is 30.3 Å². The summed E-state index contributed by atoms with van der Waals surface area (Å²) < 4.78 is 35.1. The average Bonchev–Trinajstić information content (AvgIpc) is 3.85. The van der Waals surface area contributed by atoms with Gasteiger partial charge in [-0.05, 0) is 54.0 Å². The van der Waals surface area contributed by atoms with Crippen LogP contribution in [0.2, 0.25) is 0 Å². The van der Waals surface area contributed by atoms with Gasteiger partial charge in [0.15, 0.2) is 0 Å². The van der Waals surface area contributed by atoms with Crippen LogP contribution >= 0.6 is 0 Å². The molecule has 1 saturated carbocycles. The van der Waals surface area contributed by atoms with E-state index in [4.69, 9.17) is 28.4 Å². The molecule has 9 heteroatoms. The van der Waals surface area contributed by atoms with Crippen molar-refractivity contribution in [3.63, 3.8) is 0 Å². The van der Waals surface area contributed by atoms with Crippen molar-refractivity contribution >= 4 is 5.69 Å². The highest BCUT2D eigenvalue weighted by Crippen LogP contribution is 2.43. The third-order valence-corrected chi connectivity index (χ3v) is 8.53. The van der Waals surface area contributed by atoms with Crippen LogP contribution in [0.25, 0.3) is 0 Å². The minimum absolute atomic E-state index is 0.00321. The van der Waals surface area contributed by atoms with Crippen LogP contribution in [-0.2, 0) is 30.3 Å². The quantitative estimate of drug-likeness (QED) is 0.287. The van der Waals surface area contributed by atoms with Crippen molar-refractivity contribution in [2.75, 3.05) is 78.8 Å². The first-order chi connectivity index (χ1) is 20.6. The number of nitrogens with zero attached hydrogens (tertiary/aromatic N) is 1. The molecule has 0 amide bonds. The second kappa shape index (κ2) is 15.5. The van der Waals surface area contributed by atoms with Gasteiger partial charge in [-0.2, -0.15) is 0 Å². The molecule has 9 nitrogen and oxygen atoms in total. The number of anilines is 1. The Hall–Kier alpha value is -2.24. The highest BCUT2D eigenvalue weighted by atomic mass is 16.5. The van der Waals surface area contributed by atoms with E-state index in [1.54, 1.807) is 21.3 Å². The first-order valence-corrected chi connectivity index (χ1v) is 15.3. The van der Waals surface area contributed by atoms with Crippen molar-refractivity contribution in [3.05, 3.63) is 59.2 Å². The molecule has 1 unspecified atom stereocenters. The minimum Gasteiger partial charge on any atom is -0.490 e. The second-order valence-corrected chi connectivity index (χ2v) is 11.7. The summed E-state index contributed by atoms with van der Waals surface area (Å²) in [6.45, 7) is 5.55. The zero-order valence-corrected chi connectivity index (χ0v) is 25.3. The molecule has 5 rings (SSSR count). The molecule has 2 aliphatic heterocycles. The number of ether oxygens (including phenoxy) is 6. The predicted octanol–water partition coefficient (Wildman–Crippen LogP) is 3.68. The van der Waals surface area contributed by atoms with Crippen LogP contribution in [0.1, 0.15) is 48.0 Å². The summed E-state index contributed by atoms with van der Waals surface area (Å²) in [4.78, 5) is 2.37. The minimum atomic E-state index is -0.676. The molecule has 1 saturated heterocycles. The number of aliphatic hydroxyl groups is 1. The zero-order chi connectivity index (χ0) is 29.3. The summed E-state index contributed by atoms with van der Waals surface area (Å²) in [7, 11) is 5.13. The molecule has 1 aliphatic carbocycles. The Kier molecular flexibility index (Phi) is 11.5. The monoisotopic (exact) mass is 584 g/mol. The van der Waals surface area contributed by atoms with E-state index in [2.05, 4.69) is 52.7 Å². The van der Waals surface area contributed by atoms with Crippen molar-refractivity contribution in [2.24, 2.45) is 5.92 Å². The highest BCUT2D eigenvalue weighted by Gasteiger charge is 2.37. The second-order valence-electron chi connectivity index (χ2n) is 11.7. The van der Waals surface area contributed by atoms with Gasteiger partial charge in [0.1, 0.15) is 18.5 Å². The number of rotatable bonds is 16. The molecule has 2 N–H and O–H groups in total. The molecule has 2 aromatic rings. The predicted molar refractivity (Wildman–Crippen MR) is 161 cm³/mol. The van der Waals surface area contributed by atoms with Gasteiger partial charge in [0.05, 0.1) is 50.4 Å². The molecule has 2 aromatic carbocycles. The summed E-state index contributed by atoms with van der Waals surface area (Å²) in [5, 5.41) is 13.8. The lowest BCUT2D eigenvalue weighted by Crippen LogP contribution is -2.51. The molecule has 2 fully saturated rings. The number of hydrogen-bond acceptors (Lipinski definition) is 9. The van der Waals surface area contributed by atoms with Gasteiger partial charge in [0.2, 0.25) is 0 Å². The number of fused-ring (bicyclic) bond motifs is 1. The zero-order valence-electron chi connectivity index (χ0n) is 25.3. The van der Waals surface area contributed by atoms with Gasteiger partial charge in [0, 0.05) is 53.5 Å².